The second-order valence-electron chi connectivity index (χ2n) is 7.75. The molecule has 8 heteroatoms. The van der Waals surface area contributed by atoms with Crippen LogP contribution in [0.4, 0.5) is 0 Å². The number of benzene rings is 1. The van der Waals surface area contributed by atoms with E-state index in [-0.39, 0.29) is 42.5 Å². The molecule has 7 nitrogen and oxygen atoms in total. The van der Waals surface area contributed by atoms with Crippen LogP contribution in [0.2, 0.25) is 0 Å². The van der Waals surface area contributed by atoms with E-state index in [1.54, 1.807) is 34.1 Å². The third-order valence-corrected chi connectivity index (χ3v) is 5.93. The van der Waals surface area contributed by atoms with Crippen molar-refractivity contribution >= 4 is 35.2 Å². The van der Waals surface area contributed by atoms with E-state index in [1.165, 1.54) is 0 Å². The summed E-state index contributed by atoms with van der Waals surface area (Å²) in [5.74, 6) is -0.606. The van der Waals surface area contributed by atoms with E-state index in [2.05, 4.69) is 0 Å². The lowest BCUT2D eigenvalue weighted by atomic mass is 9.94. The molecule has 0 bridgehead atoms. The average Bonchev–Trinajstić information content (AvgIpc) is 2.96. The van der Waals surface area contributed by atoms with Gasteiger partial charge in [0.15, 0.2) is 0 Å². The molecule has 0 unspecified atom stereocenters. The number of hydrogen-bond acceptors (Lipinski definition) is 4. The molecule has 28 heavy (non-hydrogen) atoms. The summed E-state index contributed by atoms with van der Waals surface area (Å²) < 4.78 is 0. The number of alkyl halides is 1. The van der Waals surface area contributed by atoms with Gasteiger partial charge in [-0.1, -0.05) is 12.1 Å². The van der Waals surface area contributed by atoms with Crippen molar-refractivity contribution in [1.82, 2.24) is 14.7 Å². The highest BCUT2D eigenvalue weighted by atomic mass is 35.5. The van der Waals surface area contributed by atoms with Gasteiger partial charge in [-0.25, -0.2) is 0 Å². The summed E-state index contributed by atoms with van der Waals surface area (Å²) in [6, 6.07) is 6.67. The molecule has 2 aliphatic heterocycles. The minimum Gasteiger partial charge on any atom is -0.339 e. The standard InChI is InChI=1S/C20H24ClN3O4/c1-20(2,13-21)19(28)23-11-9-22(10-12-23)16(25)7-8-24-17(26)14-5-3-4-6-15(14)18(24)27/h3-6H,7-13H2,1-2H3. The quantitative estimate of drug-likeness (QED) is 0.550. The lowest BCUT2D eigenvalue weighted by Crippen LogP contribution is -2.54. The van der Waals surface area contributed by atoms with Gasteiger partial charge in [-0.3, -0.25) is 24.1 Å². The SMILES string of the molecule is CC(C)(CCl)C(=O)N1CCN(C(=O)CCN2C(=O)c3ccccc3C2=O)CC1. The van der Waals surface area contributed by atoms with Crippen molar-refractivity contribution in [3.05, 3.63) is 35.4 Å². The van der Waals surface area contributed by atoms with Gasteiger partial charge in [0, 0.05) is 45.0 Å². The number of halogens is 1. The summed E-state index contributed by atoms with van der Waals surface area (Å²) in [7, 11) is 0. The second-order valence-corrected chi connectivity index (χ2v) is 8.02. The predicted octanol–water partition coefficient (Wildman–Crippen LogP) is 1.61. The summed E-state index contributed by atoms with van der Waals surface area (Å²) in [5.41, 5.74) is 0.141. The zero-order valence-corrected chi connectivity index (χ0v) is 16.9. The second kappa shape index (κ2) is 7.91. The van der Waals surface area contributed by atoms with Crippen molar-refractivity contribution in [2.24, 2.45) is 5.41 Å². The van der Waals surface area contributed by atoms with Gasteiger partial charge in [-0.15, -0.1) is 11.6 Å². The van der Waals surface area contributed by atoms with E-state index in [9.17, 15) is 19.2 Å². The number of amides is 4. The number of imide groups is 1. The monoisotopic (exact) mass is 405 g/mol. The Morgan fingerprint density at radius 1 is 0.964 bits per heavy atom. The molecule has 1 aromatic carbocycles. The summed E-state index contributed by atoms with van der Waals surface area (Å²) in [4.78, 5) is 54.2. The van der Waals surface area contributed by atoms with Crippen LogP contribution in [0.15, 0.2) is 24.3 Å². The maximum Gasteiger partial charge on any atom is 0.261 e. The molecule has 3 rings (SSSR count). The minimum absolute atomic E-state index is 0.0133. The number of fused-ring (bicyclic) bond motifs is 1. The van der Waals surface area contributed by atoms with Crippen molar-refractivity contribution in [2.45, 2.75) is 20.3 Å². The van der Waals surface area contributed by atoms with Crippen LogP contribution in [0.1, 0.15) is 41.0 Å². The van der Waals surface area contributed by atoms with Crippen molar-refractivity contribution in [3.8, 4) is 0 Å². The average molecular weight is 406 g/mol. The van der Waals surface area contributed by atoms with Crippen molar-refractivity contribution in [3.63, 3.8) is 0 Å². The number of carbonyl (C=O) groups is 4. The van der Waals surface area contributed by atoms with Crippen molar-refractivity contribution in [1.29, 1.82) is 0 Å². The number of piperazine rings is 1. The molecule has 1 fully saturated rings. The van der Waals surface area contributed by atoms with E-state index in [0.29, 0.717) is 37.3 Å². The fraction of sp³-hybridized carbons (Fsp3) is 0.500. The Balaban J connectivity index is 1.52. The normalized spacial score (nSPS) is 17.2. The van der Waals surface area contributed by atoms with Gasteiger partial charge < -0.3 is 9.80 Å². The van der Waals surface area contributed by atoms with E-state index in [1.807, 2.05) is 13.8 Å². The zero-order valence-electron chi connectivity index (χ0n) is 16.1. The van der Waals surface area contributed by atoms with Crippen LogP contribution in [0.25, 0.3) is 0 Å². The van der Waals surface area contributed by atoms with Crippen molar-refractivity contribution in [2.75, 3.05) is 38.6 Å². The first-order valence-corrected chi connectivity index (χ1v) is 9.88. The molecule has 0 radical (unpaired) electrons. The summed E-state index contributed by atoms with van der Waals surface area (Å²) in [6.45, 7) is 5.46. The molecule has 2 aliphatic rings. The summed E-state index contributed by atoms with van der Waals surface area (Å²) >= 11 is 5.88. The van der Waals surface area contributed by atoms with Gasteiger partial charge in [-0.05, 0) is 26.0 Å². The number of nitrogens with zero attached hydrogens (tertiary/aromatic N) is 3. The fourth-order valence-corrected chi connectivity index (χ4v) is 3.57. The van der Waals surface area contributed by atoms with Crippen LogP contribution in [-0.2, 0) is 9.59 Å². The first-order valence-electron chi connectivity index (χ1n) is 9.34. The summed E-state index contributed by atoms with van der Waals surface area (Å²) in [5, 5.41) is 0. The highest BCUT2D eigenvalue weighted by Crippen LogP contribution is 2.23. The molecule has 4 amide bonds. The molecule has 1 saturated heterocycles. The number of carbonyl (C=O) groups excluding carboxylic acids is 4. The Labute approximate surface area is 169 Å². The fourth-order valence-electron chi connectivity index (χ4n) is 3.45. The smallest absolute Gasteiger partial charge is 0.261 e. The zero-order chi connectivity index (χ0) is 20.5. The minimum atomic E-state index is -0.626. The van der Waals surface area contributed by atoms with Crippen LogP contribution in [-0.4, -0.2) is 76.9 Å². The molecule has 2 heterocycles. The molecule has 0 aromatic heterocycles. The Bertz CT molecular complexity index is 780. The van der Waals surface area contributed by atoms with Crippen LogP contribution in [0, 0.1) is 5.41 Å². The maximum atomic E-state index is 12.5. The Morgan fingerprint density at radius 2 is 1.46 bits per heavy atom. The lowest BCUT2D eigenvalue weighted by Gasteiger charge is -2.38. The van der Waals surface area contributed by atoms with Gasteiger partial charge in [0.1, 0.15) is 0 Å². The third-order valence-electron chi connectivity index (χ3n) is 5.26. The Morgan fingerprint density at radius 3 is 1.96 bits per heavy atom. The molecule has 150 valence electrons. The predicted molar refractivity (Wildman–Crippen MR) is 104 cm³/mol. The van der Waals surface area contributed by atoms with Gasteiger partial charge in [0.25, 0.3) is 11.8 Å². The largest absolute Gasteiger partial charge is 0.339 e. The number of rotatable bonds is 5. The Kier molecular flexibility index (Phi) is 5.74. The molecule has 0 saturated carbocycles. The Hall–Kier alpha value is -2.41. The lowest BCUT2D eigenvalue weighted by molar-refractivity contribution is -0.144. The summed E-state index contributed by atoms with van der Waals surface area (Å²) in [6.07, 6.45) is 0.0760. The molecular formula is C20H24ClN3O4. The van der Waals surface area contributed by atoms with E-state index in [0.717, 1.165) is 4.90 Å². The molecule has 0 N–H and O–H groups in total. The number of hydrogen-bond donors (Lipinski definition) is 0. The van der Waals surface area contributed by atoms with Gasteiger partial charge in [0.05, 0.1) is 16.5 Å². The highest BCUT2D eigenvalue weighted by molar-refractivity contribution is 6.21. The van der Waals surface area contributed by atoms with E-state index in [4.69, 9.17) is 11.6 Å². The topological polar surface area (TPSA) is 78.0 Å². The van der Waals surface area contributed by atoms with Gasteiger partial charge in [0.2, 0.25) is 11.8 Å². The van der Waals surface area contributed by atoms with Crippen LogP contribution in [0.3, 0.4) is 0 Å². The van der Waals surface area contributed by atoms with E-state index >= 15 is 0 Å². The maximum absolute atomic E-state index is 12.5. The van der Waals surface area contributed by atoms with Crippen LogP contribution in [0.5, 0.6) is 0 Å². The molecule has 1 aromatic rings. The molecule has 0 aliphatic carbocycles. The van der Waals surface area contributed by atoms with Gasteiger partial charge in [-0.2, -0.15) is 0 Å². The third kappa shape index (κ3) is 3.76. The van der Waals surface area contributed by atoms with Gasteiger partial charge >= 0.3 is 0 Å². The molecule has 0 atom stereocenters. The van der Waals surface area contributed by atoms with Crippen molar-refractivity contribution < 1.29 is 19.2 Å². The van der Waals surface area contributed by atoms with Crippen LogP contribution < -0.4 is 0 Å². The molecular weight excluding hydrogens is 382 g/mol. The molecule has 0 spiro atoms. The highest BCUT2D eigenvalue weighted by Gasteiger charge is 2.36. The first-order chi connectivity index (χ1) is 13.3. The van der Waals surface area contributed by atoms with E-state index < -0.39 is 5.41 Å². The van der Waals surface area contributed by atoms with Crippen LogP contribution >= 0.6 is 11.6 Å². The first kappa shape index (κ1) is 20.3.